The molecule has 3 heteroatoms. The van der Waals surface area contributed by atoms with Crippen molar-refractivity contribution in [1.29, 1.82) is 0 Å². The molecule has 2 aromatic rings. The Morgan fingerprint density at radius 1 is 0.893 bits per heavy atom. The summed E-state index contributed by atoms with van der Waals surface area (Å²) in [6.07, 6.45) is 7.74. The predicted octanol–water partition coefficient (Wildman–Crippen LogP) is 6.99. The predicted molar refractivity (Wildman–Crippen MR) is 120 cm³/mol. The highest BCUT2D eigenvalue weighted by Crippen LogP contribution is 2.60. The van der Waals surface area contributed by atoms with Crippen LogP contribution in [0.2, 0.25) is 0 Å². The molecule has 0 aliphatic heterocycles. The maximum atomic E-state index is 6.84. The van der Waals surface area contributed by atoms with Crippen LogP contribution in [0.5, 0.6) is 0 Å². The summed E-state index contributed by atoms with van der Waals surface area (Å²) in [7, 11) is 2.25. The molecule has 2 aromatic carbocycles. The molecule has 2 aliphatic rings. The Morgan fingerprint density at radius 3 is 2.14 bits per heavy atom. The SMILES string of the molecule is CCC(CCc1ccc(C2(Cl)CC2)c(C2(Cl)CC2)c1)N(C)Cc1ccccc1. The zero-order valence-electron chi connectivity index (χ0n) is 17.1. The summed E-state index contributed by atoms with van der Waals surface area (Å²) in [4.78, 5) is 2.21. The van der Waals surface area contributed by atoms with E-state index in [1.165, 1.54) is 35.1 Å². The molecular weight excluding hydrogens is 385 g/mol. The van der Waals surface area contributed by atoms with E-state index >= 15 is 0 Å². The highest BCUT2D eigenvalue weighted by Gasteiger charge is 2.50. The number of hydrogen-bond acceptors (Lipinski definition) is 1. The van der Waals surface area contributed by atoms with Crippen LogP contribution in [-0.2, 0) is 22.7 Å². The molecular formula is C25H31Cl2N. The Kier molecular flexibility index (Phi) is 5.80. The summed E-state index contributed by atoms with van der Waals surface area (Å²) < 4.78 is 0. The Bertz CT molecular complexity index is 809. The van der Waals surface area contributed by atoms with Gasteiger partial charge in [0, 0.05) is 12.6 Å². The van der Waals surface area contributed by atoms with E-state index in [9.17, 15) is 0 Å². The van der Waals surface area contributed by atoms with Crippen molar-refractivity contribution in [3.05, 3.63) is 70.8 Å². The van der Waals surface area contributed by atoms with E-state index in [-0.39, 0.29) is 9.75 Å². The fourth-order valence-corrected chi connectivity index (χ4v) is 4.85. The minimum absolute atomic E-state index is 0.139. The van der Waals surface area contributed by atoms with E-state index in [2.05, 4.69) is 67.4 Å². The second-order valence-electron chi connectivity index (χ2n) is 8.81. The van der Waals surface area contributed by atoms with Crippen molar-refractivity contribution in [2.75, 3.05) is 7.05 Å². The van der Waals surface area contributed by atoms with Gasteiger partial charge in [-0.05, 0) is 74.2 Å². The maximum absolute atomic E-state index is 6.84. The Hall–Kier alpha value is -1.02. The zero-order valence-corrected chi connectivity index (χ0v) is 18.6. The average molecular weight is 416 g/mol. The minimum Gasteiger partial charge on any atom is -0.299 e. The third kappa shape index (κ3) is 4.42. The van der Waals surface area contributed by atoms with Crippen molar-refractivity contribution >= 4 is 23.2 Å². The number of nitrogens with zero attached hydrogens (tertiary/aromatic N) is 1. The second kappa shape index (κ2) is 8.01. The van der Waals surface area contributed by atoms with Crippen LogP contribution in [-0.4, -0.2) is 18.0 Å². The van der Waals surface area contributed by atoms with Gasteiger partial charge >= 0.3 is 0 Å². The van der Waals surface area contributed by atoms with E-state index in [4.69, 9.17) is 23.2 Å². The number of aryl methyl sites for hydroxylation is 1. The smallest absolute Gasteiger partial charge is 0.0699 e. The lowest BCUT2D eigenvalue weighted by atomic mass is 9.93. The minimum atomic E-state index is -0.149. The molecule has 1 nitrogen and oxygen atoms in total. The van der Waals surface area contributed by atoms with Gasteiger partial charge in [0.15, 0.2) is 0 Å². The van der Waals surface area contributed by atoms with Crippen LogP contribution in [0.4, 0.5) is 0 Å². The topological polar surface area (TPSA) is 3.24 Å². The van der Waals surface area contributed by atoms with Gasteiger partial charge in [-0.1, -0.05) is 55.5 Å². The van der Waals surface area contributed by atoms with E-state index in [0.717, 1.165) is 38.6 Å². The van der Waals surface area contributed by atoms with E-state index in [0.29, 0.717) is 6.04 Å². The zero-order chi connectivity index (χ0) is 19.8. The molecule has 0 radical (unpaired) electrons. The van der Waals surface area contributed by atoms with E-state index in [1.54, 1.807) is 0 Å². The molecule has 0 heterocycles. The molecule has 4 rings (SSSR count). The molecule has 0 N–H and O–H groups in total. The van der Waals surface area contributed by atoms with Gasteiger partial charge in [-0.2, -0.15) is 0 Å². The van der Waals surface area contributed by atoms with Crippen molar-refractivity contribution < 1.29 is 0 Å². The highest BCUT2D eigenvalue weighted by molar-refractivity contribution is 6.28. The van der Waals surface area contributed by atoms with Gasteiger partial charge in [0.25, 0.3) is 0 Å². The first kappa shape index (κ1) is 20.3. The summed E-state index contributed by atoms with van der Waals surface area (Å²) in [5.74, 6) is 0. The molecule has 0 amide bonds. The fraction of sp³-hybridized carbons (Fsp3) is 0.520. The molecule has 2 aliphatic carbocycles. The van der Waals surface area contributed by atoms with Crippen LogP contribution in [0.1, 0.15) is 67.7 Å². The van der Waals surface area contributed by atoms with Gasteiger partial charge in [0.05, 0.1) is 9.75 Å². The number of hydrogen-bond donors (Lipinski definition) is 0. The van der Waals surface area contributed by atoms with Crippen LogP contribution in [0.15, 0.2) is 48.5 Å². The maximum Gasteiger partial charge on any atom is 0.0699 e. The van der Waals surface area contributed by atoms with Gasteiger partial charge in [0.2, 0.25) is 0 Å². The summed E-state index contributed by atoms with van der Waals surface area (Å²) in [5, 5.41) is 0. The normalized spacial score (nSPS) is 20.2. The van der Waals surface area contributed by atoms with Gasteiger partial charge in [-0.15, -0.1) is 23.2 Å². The first-order chi connectivity index (χ1) is 13.4. The van der Waals surface area contributed by atoms with Crippen molar-refractivity contribution in [3.63, 3.8) is 0 Å². The first-order valence-electron chi connectivity index (χ1n) is 10.7. The first-order valence-corrected chi connectivity index (χ1v) is 11.4. The van der Waals surface area contributed by atoms with Gasteiger partial charge in [0.1, 0.15) is 0 Å². The summed E-state index contributed by atoms with van der Waals surface area (Å²) >= 11 is 13.6. The Morgan fingerprint density at radius 2 is 1.54 bits per heavy atom. The van der Waals surface area contributed by atoms with Crippen LogP contribution in [0.3, 0.4) is 0 Å². The molecule has 0 aromatic heterocycles. The van der Waals surface area contributed by atoms with E-state index in [1.807, 2.05) is 0 Å². The van der Waals surface area contributed by atoms with Gasteiger partial charge in [-0.3, -0.25) is 4.90 Å². The van der Waals surface area contributed by atoms with Gasteiger partial charge < -0.3 is 0 Å². The lowest BCUT2D eigenvalue weighted by Gasteiger charge is -2.27. The van der Waals surface area contributed by atoms with Crippen LogP contribution >= 0.6 is 23.2 Å². The number of halogens is 2. The van der Waals surface area contributed by atoms with Crippen molar-refractivity contribution in [2.24, 2.45) is 0 Å². The summed E-state index contributed by atoms with van der Waals surface area (Å²) in [6, 6.07) is 18.2. The molecule has 0 saturated heterocycles. The molecule has 2 fully saturated rings. The standard InChI is InChI=1S/C25H31Cl2N/c1-3-21(28(2)18-20-7-5-4-6-8-20)11-9-19-10-12-22(24(26)13-14-24)23(17-19)25(27)15-16-25/h4-8,10,12,17,21H,3,9,11,13-16,18H2,1-2H3. The lowest BCUT2D eigenvalue weighted by molar-refractivity contribution is 0.216. The van der Waals surface area contributed by atoms with Crippen molar-refractivity contribution in [1.82, 2.24) is 4.90 Å². The molecule has 0 spiro atoms. The van der Waals surface area contributed by atoms with E-state index < -0.39 is 0 Å². The fourth-order valence-electron chi connectivity index (χ4n) is 4.34. The second-order valence-corrected chi connectivity index (χ2v) is 10.3. The Balaban J connectivity index is 1.43. The lowest BCUT2D eigenvalue weighted by Crippen LogP contribution is -2.31. The monoisotopic (exact) mass is 415 g/mol. The largest absolute Gasteiger partial charge is 0.299 e. The molecule has 1 atom stereocenters. The molecule has 2 saturated carbocycles. The van der Waals surface area contributed by atoms with Crippen LogP contribution in [0, 0.1) is 0 Å². The van der Waals surface area contributed by atoms with Crippen molar-refractivity contribution in [2.45, 2.75) is 74.2 Å². The Labute approximate surface area is 180 Å². The number of alkyl halides is 2. The number of benzene rings is 2. The highest BCUT2D eigenvalue weighted by atomic mass is 35.5. The average Bonchev–Trinajstić information content (AvgIpc) is 3.62. The molecule has 28 heavy (non-hydrogen) atoms. The summed E-state index contributed by atoms with van der Waals surface area (Å²) in [6.45, 7) is 3.30. The number of rotatable bonds is 9. The molecule has 150 valence electrons. The third-order valence-corrected chi connectivity index (χ3v) is 7.73. The molecule has 0 bridgehead atoms. The van der Waals surface area contributed by atoms with Crippen LogP contribution < -0.4 is 0 Å². The molecule has 1 unspecified atom stereocenters. The quantitative estimate of drug-likeness (QED) is 0.399. The third-order valence-electron chi connectivity index (χ3n) is 6.56. The van der Waals surface area contributed by atoms with Gasteiger partial charge in [-0.25, -0.2) is 0 Å². The van der Waals surface area contributed by atoms with Crippen LogP contribution in [0.25, 0.3) is 0 Å². The van der Waals surface area contributed by atoms with Crippen molar-refractivity contribution in [3.8, 4) is 0 Å². The summed E-state index contributed by atoms with van der Waals surface area (Å²) in [5.41, 5.74) is 5.38.